The lowest BCUT2D eigenvalue weighted by Crippen LogP contribution is -2.36. The van der Waals surface area contributed by atoms with Gasteiger partial charge in [-0.05, 0) is 54.9 Å². The minimum absolute atomic E-state index is 0.0814. The maximum absolute atomic E-state index is 14.3. The van der Waals surface area contributed by atoms with E-state index in [1.54, 1.807) is 44.5 Å². The summed E-state index contributed by atoms with van der Waals surface area (Å²) in [6, 6.07) is 6.13. The van der Waals surface area contributed by atoms with Gasteiger partial charge in [0.15, 0.2) is 0 Å². The van der Waals surface area contributed by atoms with Crippen LogP contribution in [0.15, 0.2) is 34.8 Å². The first kappa shape index (κ1) is 24.7. The molecule has 0 fully saturated rings. The van der Waals surface area contributed by atoms with Crippen LogP contribution in [0.4, 0.5) is 18.0 Å². The first-order valence-corrected chi connectivity index (χ1v) is 11.6. The van der Waals surface area contributed by atoms with Crippen molar-refractivity contribution in [3.05, 3.63) is 57.0 Å². The van der Waals surface area contributed by atoms with Crippen LogP contribution in [0.1, 0.15) is 50.7 Å². The van der Waals surface area contributed by atoms with E-state index in [0.29, 0.717) is 22.4 Å². The number of benzene rings is 2. The van der Waals surface area contributed by atoms with E-state index in [9.17, 15) is 18.0 Å². The molecule has 4 rings (SSSR count). The number of amides is 1. The zero-order valence-corrected chi connectivity index (χ0v) is 21.1. The molecule has 34 heavy (non-hydrogen) atoms. The average molecular weight is 561 g/mol. The molecule has 1 aliphatic rings. The fourth-order valence-electron chi connectivity index (χ4n) is 4.17. The summed E-state index contributed by atoms with van der Waals surface area (Å²) in [6.07, 6.45) is -0.306. The summed E-state index contributed by atoms with van der Waals surface area (Å²) in [6.45, 7) is 2.21. The van der Waals surface area contributed by atoms with Gasteiger partial charge >= 0.3 is 12.7 Å². The first-order valence-electron chi connectivity index (χ1n) is 10.4. The van der Waals surface area contributed by atoms with E-state index in [1.165, 1.54) is 23.1 Å². The number of rotatable bonds is 4. The van der Waals surface area contributed by atoms with Gasteiger partial charge in [0.1, 0.15) is 23.0 Å². The molecule has 182 valence electrons. The summed E-state index contributed by atoms with van der Waals surface area (Å²) in [4.78, 5) is 18.8. The third kappa shape index (κ3) is 4.57. The molecule has 0 N–H and O–H groups in total. The van der Waals surface area contributed by atoms with Crippen molar-refractivity contribution in [3.8, 4) is 5.75 Å². The fourth-order valence-corrected chi connectivity index (χ4v) is 4.80. The van der Waals surface area contributed by atoms with E-state index in [4.69, 9.17) is 21.1 Å². The highest BCUT2D eigenvalue weighted by atomic mass is 79.9. The molecule has 2 atom stereocenters. The Kier molecular flexibility index (Phi) is 6.50. The number of nitrogens with zero attached hydrogens (tertiary/aromatic N) is 3. The number of carbonyl (C=O) groups is 1. The molecule has 1 amide bonds. The molecule has 0 spiro atoms. The van der Waals surface area contributed by atoms with Crippen LogP contribution in [0.2, 0.25) is 5.02 Å². The van der Waals surface area contributed by atoms with Crippen molar-refractivity contribution in [2.45, 2.75) is 51.5 Å². The van der Waals surface area contributed by atoms with Gasteiger partial charge in [-0.2, -0.15) is 8.78 Å². The molecule has 0 saturated heterocycles. The lowest BCUT2D eigenvalue weighted by atomic mass is 10.0. The number of ether oxygens (including phenoxy) is 2. The highest BCUT2D eigenvalue weighted by molar-refractivity contribution is 9.10. The van der Waals surface area contributed by atoms with E-state index < -0.39 is 36.2 Å². The van der Waals surface area contributed by atoms with Crippen LogP contribution in [0.5, 0.6) is 5.75 Å². The number of hydrogen-bond acceptors (Lipinski definition) is 4. The number of carbonyl (C=O) groups excluding carboxylic acids is 1. The molecular weight excluding hydrogens is 539 g/mol. The monoisotopic (exact) mass is 559 g/mol. The smallest absolute Gasteiger partial charge is 0.410 e. The molecule has 3 aromatic rings. The van der Waals surface area contributed by atoms with E-state index in [0.717, 1.165) is 0 Å². The van der Waals surface area contributed by atoms with Crippen molar-refractivity contribution in [1.29, 1.82) is 0 Å². The van der Waals surface area contributed by atoms with Gasteiger partial charge in [-0.3, -0.25) is 0 Å². The predicted molar refractivity (Wildman–Crippen MR) is 125 cm³/mol. The number of alkyl halides is 2. The molecular formula is C23H22BrClF3N3O3. The normalized spacial score (nSPS) is 17.8. The minimum atomic E-state index is -3.05. The Morgan fingerprint density at radius 3 is 2.68 bits per heavy atom. The van der Waals surface area contributed by atoms with Crippen LogP contribution in [0, 0.1) is 5.82 Å². The Morgan fingerprint density at radius 1 is 1.32 bits per heavy atom. The molecule has 1 aliphatic heterocycles. The Morgan fingerprint density at radius 2 is 2.03 bits per heavy atom. The van der Waals surface area contributed by atoms with Crippen LogP contribution in [-0.2, 0) is 4.74 Å². The Hall–Kier alpha value is -2.46. The zero-order chi connectivity index (χ0) is 24.9. The largest absolute Gasteiger partial charge is 0.444 e. The highest BCUT2D eigenvalue weighted by Gasteiger charge is 2.42. The Balaban J connectivity index is 1.89. The lowest BCUT2D eigenvalue weighted by Gasteiger charge is -2.28. The molecule has 0 saturated carbocycles. The van der Waals surface area contributed by atoms with Crippen molar-refractivity contribution in [2.24, 2.45) is 0 Å². The number of halogens is 5. The SMILES string of the molecule is CN(C(=O)OC(C)(C)C)C1C[C@H](c2c(Cl)cccc2OC(F)F)n2c1nc1cc(F)c(Br)cc12. The summed E-state index contributed by atoms with van der Waals surface area (Å²) in [5, 5.41) is 0.220. The molecule has 0 bridgehead atoms. The third-order valence-corrected chi connectivity index (χ3v) is 6.46. The molecule has 6 nitrogen and oxygen atoms in total. The van der Waals surface area contributed by atoms with Crippen LogP contribution in [0.25, 0.3) is 11.0 Å². The van der Waals surface area contributed by atoms with Gasteiger partial charge in [0.2, 0.25) is 0 Å². The molecule has 0 aliphatic carbocycles. The number of aromatic nitrogens is 2. The number of fused-ring (bicyclic) bond motifs is 3. The van der Waals surface area contributed by atoms with Gasteiger partial charge in [0.05, 0.1) is 27.6 Å². The lowest BCUT2D eigenvalue weighted by molar-refractivity contribution is -0.0506. The molecule has 2 aromatic carbocycles. The number of imidazole rings is 1. The van der Waals surface area contributed by atoms with Gasteiger partial charge in [0.25, 0.3) is 0 Å². The van der Waals surface area contributed by atoms with Gasteiger partial charge in [-0.15, -0.1) is 0 Å². The Labute approximate surface area is 207 Å². The molecule has 11 heteroatoms. The second-order valence-electron chi connectivity index (χ2n) is 8.98. The Bertz CT molecular complexity index is 1260. The minimum Gasteiger partial charge on any atom is -0.444 e. The quantitative estimate of drug-likeness (QED) is 0.342. The standard InChI is InChI=1S/C23H22BrClF3N3O3/c1-23(2,3)34-22(32)30(4)17-10-16(19-12(25)6-5-7-18(19)33-21(27)28)31-15-8-11(24)13(26)9-14(15)29-20(17)31/h5-9,16-17,21H,10H2,1-4H3/t16-,17?/m1/s1. The maximum atomic E-state index is 14.3. The summed E-state index contributed by atoms with van der Waals surface area (Å²) < 4.78 is 52.9. The van der Waals surface area contributed by atoms with E-state index in [-0.39, 0.29) is 21.7 Å². The molecule has 2 heterocycles. The molecule has 1 aromatic heterocycles. The van der Waals surface area contributed by atoms with Crippen LogP contribution < -0.4 is 4.74 Å². The molecule has 0 radical (unpaired) electrons. The van der Waals surface area contributed by atoms with Crippen LogP contribution in [0.3, 0.4) is 0 Å². The third-order valence-electron chi connectivity index (χ3n) is 5.53. The van der Waals surface area contributed by atoms with Crippen molar-refractivity contribution >= 4 is 44.7 Å². The van der Waals surface area contributed by atoms with Crippen LogP contribution >= 0.6 is 27.5 Å². The van der Waals surface area contributed by atoms with E-state index in [2.05, 4.69) is 20.9 Å². The summed E-state index contributed by atoms with van der Waals surface area (Å²) in [5.74, 6) is -0.131. The summed E-state index contributed by atoms with van der Waals surface area (Å²) in [7, 11) is 1.57. The van der Waals surface area contributed by atoms with Crippen molar-refractivity contribution < 1.29 is 27.4 Å². The van der Waals surface area contributed by atoms with Crippen molar-refractivity contribution in [2.75, 3.05) is 7.05 Å². The van der Waals surface area contributed by atoms with Gasteiger partial charge in [0, 0.05) is 30.1 Å². The van der Waals surface area contributed by atoms with Crippen molar-refractivity contribution in [1.82, 2.24) is 14.5 Å². The average Bonchev–Trinajstić information content (AvgIpc) is 3.24. The maximum Gasteiger partial charge on any atom is 0.410 e. The topological polar surface area (TPSA) is 56.6 Å². The summed E-state index contributed by atoms with van der Waals surface area (Å²) >= 11 is 9.67. The predicted octanol–water partition coefficient (Wildman–Crippen LogP) is 7.09. The highest BCUT2D eigenvalue weighted by Crippen LogP contribution is 2.48. The van der Waals surface area contributed by atoms with Crippen LogP contribution in [-0.4, -0.2) is 39.8 Å². The number of hydrogen-bond donors (Lipinski definition) is 0. The van der Waals surface area contributed by atoms with Crippen molar-refractivity contribution in [3.63, 3.8) is 0 Å². The zero-order valence-electron chi connectivity index (χ0n) is 18.8. The first-order chi connectivity index (χ1) is 15.9. The fraction of sp³-hybridized carbons (Fsp3) is 0.391. The second kappa shape index (κ2) is 8.96. The summed E-state index contributed by atoms with van der Waals surface area (Å²) in [5.41, 5.74) is 0.506. The van der Waals surface area contributed by atoms with Gasteiger partial charge in [-0.1, -0.05) is 17.7 Å². The van der Waals surface area contributed by atoms with E-state index in [1.807, 2.05) is 0 Å². The van der Waals surface area contributed by atoms with Gasteiger partial charge < -0.3 is 18.9 Å². The van der Waals surface area contributed by atoms with Gasteiger partial charge in [-0.25, -0.2) is 14.2 Å². The molecule has 1 unspecified atom stereocenters. The van der Waals surface area contributed by atoms with E-state index >= 15 is 0 Å². The second-order valence-corrected chi connectivity index (χ2v) is 10.2.